The van der Waals surface area contributed by atoms with Gasteiger partial charge >= 0.3 is 0 Å². The van der Waals surface area contributed by atoms with Crippen molar-refractivity contribution < 1.29 is 9.05 Å². The van der Waals surface area contributed by atoms with E-state index in [9.17, 15) is 0 Å². The molecule has 0 amide bonds. The van der Waals surface area contributed by atoms with Crippen LogP contribution in [0.5, 0.6) is 0 Å². The predicted octanol–water partition coefficient (Wildman–Crippen LogP) is 6.02. The fourth-order valence-electron chi connectivity index (χ4n) is 2.51. The molecule has 180 valence electrons. The number of para-hydroxylation sites is 2. The van der Waals surface area contributed by atoms with Gasteiger partial charge in [-0.15, -0.1) is 6.42 Å². The molecule has 7 heteroatoms. The predicted molar refractivity (Wildman–Crippen MR) is 149 cm³/mol. The van der Waals surface area contributed by atoms with Crippen LogP contribution >= 0.6 is 8.38 Å². The highest BCUT2D eigenvalue weighted by molar-refractivity contribution is 7.52. The zero-order valence-electron chi connectivity index (χ0n) is 19.5. The maximum absolute atomic E-state index is 5.63. The summed E-state index contributed by atoms with van der Waals surface area (Å²) < 4.78 is 11.2. The van der Waals surface area contributed by atoms with E-state index >= 15 is 0 Å². The van der Waals surface area contributed by atoms with Gasteiger partial charge in [-0.3, -0.25) is 0 Å². The van der Waals surface area contributed by atoms with Gasteiger partial charge in [-0.05, 0) is 65.3 Å². The minimum atomic E-state index is -1.36. The standard InChI is InChI=1S/C16H17N2O2P.2C6H7N/c1-2-21(19-11-13-3-7-15(17)8-4-13)20-12-14-5-9-16(18)10-6-14;2*7-6-4-2-1-3-5-6/h1,3-10H,11-12,17-18H2;2*1-5H,7H2. The van der Waals surface area contributed by atoms with Crippen molar-refractivity contribution in [1.82, 2.24) is 0 Å². The lowest BCUT2D eigenvalue weighted by Gasteiger charge is -2.12. The first-order chi connectivity index (χ1) is 17.0. The van der Waals surface area contributed by atoms with Gasteiger partial charge in [-0.2, -0.15) is 0 Å². The molecule has 0 bridgehead atoms. The van der Waals surface area contributed by atoms with Gasteiger partial charge in [0.2, 0.25) is 0 Å². The fourth-order valence-corrected chi connectivity index (χ4v) is 3.27. The highest BCUT2D eigenvalue weighted by Crippen LogP contribution is 2.38. The van der Waals surface area contributed by atoms with E-state index in [0.717, 1.165) is 33.9 Å². The molecule has 0 heterocycles. The lowest BCUT2D eigenvalue weighted by Crippen LogP contribution is -1.94. The van der Waals surface area contributed by atoms with Crippen LogP contribution in [-0.2, 0) is 22.3 Å². The monoisotopic (exact) mass is 486 g/mol. The molecule has 0 aliphatic rings. The third-order valence-electron chi connectivity index (χ3n) is 4.36. The number of terminal acetylenes is 1. The third-order valence-corrected chi connectivity index (χ3v) is 5.30. The molecule has 4 aromatic rings. The molecule has 0 saturated heterocycles. The largest absolute Gasteiger partial charge is 0.399 e. The maximum Gasteiger partial charge on any atom is 0.257 e. The molecule has 4 rings (SSSR count). The van der Waals surface area contributed by atoms with Crippen LogP contribution in [0.25, 0.3) is 0 Å². The Labute approximate surface area is 208 Å². The Bertz CT molecular complexity index is 1050. The van der Waals surface area contributed by atoms with Gasteiger partial charge in [-0.25, -0.2) is 0 Å². The van der Waals surface area contributed by atoms with Crippen molar-refractivity contribution in [2.75, 3.05) is 22.9 Å². The van der Waals surface area contributed by atoms with Gasteiger partial charge in [0.1, 0.15) is 0 Å². The number of benzene rings is 4. The molecule has 0 aliphatic heterocycles. The van der Waals surface area contributed by atoms with Crippen LogP contribution in [0, 0.1) is 12.1 Å². The van der Waals surface area contributed by atoms with Crippen LogP contribution < -0.4 is 22.9 Å². The smallest absolute Gasteiger partial charge is 0.257 e. The summed E-state index contributed by atoms with van der Waals surface area (Å²) in [5.41, 5.74) is 29.6. The van der Waals surface area contributed by atoms with E-state index in [4.69, 9.17) is 38.4 Å². The molecule has 6 nitrogen and oxygen atoms in total. The molecule has 0 atom stereocenters. The van der Waals surface area contributed by atoms with E-state index < -0.39 is 8.38 Å². The molecule has 8 N–H and O–H groups in total. The first kappa shape index (κ1) is 27.2. The van der Waals surface area contributed by atoms with Crippen LogP contribution in [0.15, 0.2) is 109 Å². The fraction of sp³-hybridized carbons (Fsp3) is 0.0714. The summed E-state index contributed by atoms with van der Waals surface area (Å²) >= 11 is 0. The highest BCUT2D eigenvalue weighted by atomic mass is 31.2. The minimum Gasteiger partial charge on any atom is -0.399 e. The minimum absolute atomic E-state index is 0.401. The molecule has 0 unspecified atom stereocenters. The molecular formula is C28H31N4O2P. The summed E-state index contributed by atoms with van der Waals surface area (Å²) in [6.07, 6.45) is 5.44. The second kappa shape index (κ2) is 15.8. The number of hydrogen-bond acceptors (Lipinski definition) is 6. The van der Waals surface area contributed by atoms with E-state index in [-0.39, 0.29) is 0 Å². The molecule has 0 aromatic heterocycles. The van der Waals surface area contributed by atoms with Gasteiger partial charge in [-0.1, -0.05) is 60.7 Å². The summed E-state index contributed by atoms with van der Waals surface area (Å²) in [7, 11) is -1.36. The van der Waals surface area contributed by atoms with Gasteiger partial charge in [0.25, 0.3) is 8.38 Å². The number of anilines is 4. The normalized spacial score (nSPS) is 9.71. The van der Waals surface area contributed by atoms with Gasteiger partial charge in [0.05, 0.1) is 13.2 Å². The topological polar surface area (TPSA) is 123 Å². The first-order valence-corrected chi connectivity index (χ1v) is 12.0. The van der Waals surface area contributed by atoms with Crippen molar-refractivity contribution in [3.8, 4) is 12.1 Å². The van der Waals surface area contributed by atoms with Crippen molar-refractivity contribution in [2.45, 2.75) is 13.2 Å². The number of rotatable bonds is 6. The van der Waals surface area contributed by atoms with Crippen molar-refractivity contribution in [3.63, 3.8) is 0 Å². The van der Waals surface area contributed by atoms with E-state index in [1.165, 1.54) is 0 Å². The maximum atomic E-state index is 5.63. The Morgan fingerprint density at radius 3 is 1.09 bits per heavy atom. The van der Waals surface area contributed by atoms with Crippen molar-refractivity contribution in [3.05, 3.63) is 120 Å². The van der Waals surface area contributed by atoms with Gasteiger partial charge in [0, 0.05) is 22.7 Å². The average Bonchev–Trinajstić information content (AvgIpc) is 2.88. The average molecular weight is 487 g/mol. The van der Waals surface area contributed by atoms with Crippen LogP contribution in [0.3, 0.4) is 0 Å². The van der Waals surface area contributed by atoms with E-state index in [1.54, 1.807) is 0 Å². The van der Waals surface area contributed by atoms with E-state index in [1.807, 2.05) is 109 Å². The Kier molecular flexibility index (Phi) is 12.3. The SMILES string of the molecule is C#CP(OCc1ccc(N)cc1)OCc1ccc(N)cc1.Nc1ccccc1.Nc1ccccc1. The molecule has 0 aliphatic carbocycles. The molecule has 4 aromatic carbocycles. The Balaban J connectivity index is 0.000000249. The Morgan fingerprint density at radius 2 is 0.829 bits per heavy atom. The Hall–Kier alpha value is -4.01. The number of nitrogens with two attached hydrogens (primary N) is 4. The summed E-state index contributed by atoms with van der Waals surface area (Å²) in [5.74, 6) is 0. The molecule has 0 saturated carbocycles. The van der Waals surface area contributed by atoms with Crippen molar-refractivity contribution in [2.24, 2.45) is 0 Å². The van der Waals surface area contributed by atoms with Crippen molar-refractivity contribution in [1.29, 1.82) is 0 Å². The summed E-state index contributed by atoms with van der Waals surface area (Å²) in [5, 5.41) is 0. The molecule has 0 fully saturated rings. The van der Waals surface area contributed by atoms with Crippen LogP contribution in [0.1, 0.15) is 11.1 Å². The number of hydrogen-bond donors (Lipinski definition) is 4. The Morgan fingerprint density at radius 1 is 0.514 bits per heavy atom. The molecule has 35 heavy (non-hydrogen) atoms. The van der Waals surface area contributed by atoms with E-state index in [0.29, 0.717) is 13.2 Å². The van der Waals surface area contributed by atoms with Gasteiger partial charge < -0.3 is 32.0 Å². The second-order valence-corrected chi connectivity index (χ2v) is 8.53. The first-order valence-electron chi connectivity index (χ1n) is 10.8. The summed E-state index contributed by atoms with van der Waals surface area (Å²) in [6.45, 7) is 0.801. The van der Waals surface area contributed by atoms with Crippen LogP contribution in [0.4, 0.5) is 22.7 Å². The zero-order chi connectivity index (χ0) is 25.3. The van der Waals surface area contributed by atoms with Crippen LogP contribution in [0.2, 0.25) is 0 Å². The second-order valence-electron chi connectivity index (χ2n) is 7.24. The number of nitrogen functional groups attached to an aromatic ring is 4. The van der Waals surface area contributed by atoms with Gasteiger partial charge in [0.15, 0.2) is 0 Å². The summed E-state index contributed by atoms with van der Waals surface area (Å²) in [6, 6.07) is 33.9. The van der Waals surface area contributed by atoms with Crippen molar-refractivity contribution >= 4 is 31.1 Å². The molecule has 0 radical (unpaired) electrons. The zero-order valence-corrected chi connectivity index (χ0v) is 20.4. The van der Waals surface area contributed by atoms with E-state index in [2.05, 4.69) is 5.66 Å². The lowest BCUT2D eigenvalue weighted by molar-refractivity contribution is 0.243. The molecule has 0 spiro atoms. The lowest BCUT2D eigenvalue weighted by atomic mass is 10.2. The third kappa shape index (κ3) is 12.1. The highest BCUT2D eigenvalue weighted by Gasteiger charge is 2.08. The van der Waals surface area contributed by atoms with Crippen LogP contribution in [-0.4, -0.2) is 0 Å². The summed E-state index contributed by atoms with van der Waals surface area (Å²) in [4.78, 5) is 0. The quantitative estimate of drug-likeness (QED) is 0.150. The molecular weight excluding hydrogens is 455 g/mol.